The van der Waals surface area contributed by atoms with Crippen molar-refractivity contribution in [3.63, 3.8) is 0 Å². The zero-order chi connectivity index (χ0) is 66.0. The van der Waals surface area contributed by atoms with Crippen LogP contribution in [0.4, 0.5) is 0 Å². The summed E-state index contributed by atoms with van der Waals surface area (Å²) in [5.74, 6) is 0. The predicted octanol–water partition coefficient (Wildman–Crippen LogP) is 24.6. The van der Waals surface area contributed by atoms with E-state index in [-0.39, 0.29) is 43.3 Å². The Morgan fingerprint density at radius 3 is 0.648 bits per heavy atom. The van der Waals surface area contributed by atoms with Gasteiger partial charge < -0.3 is 13.7 Å². The summed E-state index contributed by atoms with van der Waals surface area (Å²) in [5.41, 5.74) is 22.9. The van der Waals surface area contributed by atoms with Crippen molar-refractivity contribution < 1.29 is 0 Å². The second kappa shape index (κ2) is 20.9. The van der Waals surface area contributed by atoms with E-state index in [9.17, 15) is 5.26 Å². The molecule has 9 aromatic carbocycles. The molecule has 0 radical (unpaired) electrons. The minimum atomic E-state index is -0.127. The highest BCUT2D eigenvalue weighted by atomic mass is 15.1. The van der Waals surface area contributed by atoms with Crippen LogP contribution in [-0.2, 0) is 43.3 Å². The SMILES string of the molecule is CC(C)(C)c1ccc(-c2c(C#N)c(-n3c4ccc(C(C)(C)C)cc4c4cc(C(C)(C)C)ccc43)c(-n3c4ccc(C(C)(C)C)cc4c4cc(C(C)(C)C)ccc43)c(-c3ccc(C(C)(C)C)cc3)c2-n2c3ccc(C(C)(C)C)cc3c3cc(C(C)(C)C)ccc32)cc1. The van der Waals surface area contributed by atoms with Crippen LogP contribution in [0.3, 0.4) is 0 Å². The van der Waals surface area contributed by atoms with Gasteiger partial charge in [0.25, 0.3) is 0 Å². The lowest BCUT2D eigenvalue weighted by atomic mass is 9.83. The number of fused-ring (bicyclic) bond motifs is 9. The molecule has 4 heteroatoms. The Balaban J connectivity index is 1.46. The third-order valence-electron chi connectivity index (χ3n) is 19.8. The minimum Gasteiger partial charge on any atom is -0.308 e. The van der Waals surface area contributed by atoms with Gasteiger partial charge in [0.1, 0.15) is 6.07 Å². The standard InChI is InChI=1S/C87H98N4/c1-80(2,3)54-29-25-52(26-30-54)75-68(51-88)77(89-69-39-33-56(82(7,8)9)45-62(69)63-46-57(83(10,11)12)34-40-70(63)89)79(91-73-43-37-60(86(19,20)21)49-66(73)67-50-61(87(22,23)24)38-44-74(67)91)76(53-27-31-55(32-28-53)81(4,5)6)78(75)90-71-41-35-58(84(13,14)15)47-64(71)65-48-59(85(16,17)18)36-42-72(65)90/h25-50H,1-24H3. The van der Waals surface area contributed by atoms with Gasteiger partial charge in [0, 0.05) is 43.4 Å². The summed E-state index contributed by atoms with van der Waals surface area (Å²) in [5, 5.41) is 20.3. The highest BCUT2D eigenvalue weighted by Gasteiger charge is 2.36. The van der Waals surface area contributed by atoms with Gasteiger partial charge in [0.05, 0.1) is 55.7 Å². The molecule has 4 nitrogen and oxygen atoms in total. The molecule has 0 aliphatic rings. The van der Waals surface area contributed by atoms with Crippen molar-refractivity contribution in [2.75, 3.05) is 0 Å². The molecule has 91 heavy (non-hydrogen) atoms. The lowest BCUT2D eigenvalue weighted by Gasteiger charge is -2.30. The van der Waals surface area contributed by atoms with Crippen molar-refractivity contribution in [1.29, 1.82) is 5.26 Å². The number of hydrogen-bond donors (Lipinski definition) is 0. The first kappa shape index (κ1) is 63.0. The zero-order valence-electron chi connectivity index (χ0n) is 59.3. The highest BCUT2D eigenvalue weighted by molar-refractivity contribution is 6.17. The van der Waals surface area contributed by atoms with Crippen molar-refractivity contribution in [1.82, 2.24) is 13.7 Å². The normalized spacial score (nSPS) is 13.5. The van der Waals surface area contributed by atoms with Gasteiger partial charge in [-0.05, 0) is 172 Å². The Hall–Kier alpha value is -8.13. The number of nitriles is 1. The van der Waals surface area contributed by atoms with Crippen molar-refractivity contribution in [2.24, 2.45) is 0 Å². The Kier molecular flexibility index (Phi) is 14.5. The minimum absolute atomic E-state index is 0.117. The van der Waals surface area contributed by atoms with Gasteiger partial charge in [-0.2, -0.15) is 5.26 Å². The van der Waals surface area contributed by atoms with Gasteiger partial charge in [-0.1, -0.05) is 251 Å². The summed E-state index contributed by atoms with van der Waals surface area (Å²) in [6.07, 6.45) is 0. The van der Waals surface area contributed by atoms with E-state index in [0.29, 0.717) is 5.56 Å². The molecule has 0 saturated heterocycles. The lowest BCUT2D eigenvalue weighted by molar-refractivity contribution is 0.590. The van der Waals surface area contributed by atoms with E-state index in [2.05, 4.69) is 344 Å². The quantitative estimate of drug-likeness (QED) is 0.169. The van der Waals surface area contributed by atoms with Crippen molar-refractivity contribution in [3.8, 4) is 45.4 Å². The fourth-order valence-corrected chi connectivity index (χ4v) is 13.9. The van der Waals surface area contributed by atoms with Crippen LogP contribution in [0.15, 0.2) is 158 Å². The van der Waals surface area contributed by atoms with Crippen molar-refractivity contribution in [3.05, 3.63) is 208 Å². The van der Waals surface area contributed by atoms with Gasteiger partial charge in [0.2, 0.25) is 0 Å². The number of aromatic nitrogens is 3. The molecular weight excluding hydrogens is 1100 g/mol. The van der Waals surface area contributed by atoms with E-state index in [1.165, 1.54) is 66.1 Å². The molecule has 3 heterocycles. The molecule has 3 aromatic heterocycles. The first-order valence-corrected chi connectivity index (χ1v) is 33.3. The van der Waals surface area contributed by atoms with E-state index in [4.69, 9.17) is 0 Å². The number of benzene rings is 9. The van der Waals surface area contributed by atoms with Crippen LogP contribution in [0.2, 0.25) is 0 Å². The van der Waals surface area contributed by atoms with Crippen LogP contribution >= 0.6 is 0 Å². The maximum Gasteiger partial charge on any atom is 0.102 e. The molecule has 0 spiro atoms. The van der Waals surface area contributed by atoms with E-state index in [0.717, 1.165) is 83.2 Å². The Bertz CT molecular complexity index is 4740. The first-order chi connectivity index (χ1) is 42.2. The van der Waals surface area contributed by atoms with Gasteiger partial charge in [0.15, 0.2) is 0 Å². The van der Waals surface area contributed by atoms with Crippen LogP contribution in [0.5, 0.6) is 0 Å². The molecule has 12 aromatic rings. The number of nitrogens with zero attached hydrogens (tertiary/aromatic N) is 4. The van der Waals surface area contributed by atoms with Crippen LogP contribution in [0.1, 0.15) is 216 Å². The summed E-state index contributed by atoms with van der Waals surface area (Å²) in [6, 6.07) is 64.9. The largest absolute Gasteiger partial charge is 0.308 e. The Morgan fingerprint density at radius 1 is 0.231 bits per heavy atom. The average molecular weight is 1200 g/mol. The highest BCUT2D eigenvalue weighted by Crippen LogP contribution is 2.54. The first-order valence-electron chi connectivity index (χ1n) is 33.3. The van der Waals surface area contributed by atoms with E-state index in [1.54, 1.807) is 0 Å². The molecule has 0 amide bonds. The molecule has 0 bridgehead atoms. The maximum atomic E-state index is 13.2. The van der Waals surface area contributed by atoms with Gasteiger partial charge >= 0.3 is 0 Å². The topological polar surface area (TPSA) is 38.6 Å². The van der Waals surface area contributed by atoms with Crippen molar-refractivity contribution in [2.45, 2.75) is 209 Å². The molecule has 0 fully saturated rings. The summed E-state index contributed by atoms with van der Waals surface area (Å²) >= 11 is 0. The Labute approximate surface area is 543 Å². The van der Waals surface area contributed by atoms with Gasteiger partial charge in [-0.3, -0.25) is 0 Å². The van der Waals surface area contributed by atoms with E-state index in [1.807, 2.05) is 0 Å². The number of rotatable bonds is 5. The van der Waals surface area contributed by atoms with Crippen LogP contribution in [0, 0.1) is 11.3 Å². The van der Waals surface area contributed by atoms with E-state index >= 15 is 0 Å². The van der Waals surface area contributed by atoms with Gasteiger partial charge in [-0.25, -0.2) is 0 Å². The van der Waals surface area contributed by atoms with Crippen LogP contribution in [-0.4, -0.2) is 13.7 Å². The zero-order valence-corrected chi connectivity index (χ0v) is 59.3. The molecule has 0 saturated carbocycles. The second-order valence-electron chi connectivity index (χ2n) is 34.8. The number of hydrogen-bond acceptors (Lipinski definition) is 1. The monoisotopic (exact) mass is 1200 g/mol. The van der Waals surface area contributed by atoms with Gasteiger partial charge in [-0.15, -0.1) is 0 Å². The third-order valence-corrected chi connectivity index (χ3v) is 19.8. The average Bonchev–Trinajstić information content (AvgIpc) is 1.62. The fourth-order valence-electron chi connectivity index (χ4n) is 13.9. The molecule has 0 unspecified atom stereocenters. The predicted molar refractivity (Wildman–Crippen MR) is 395 cm³/mol. The fraction of sp³-hybridized carbons (Fsp3) is 0.368. The molecule has 0 aliphatic heterocycles. The smallest absolute Gasteiger partial charge is 0.102 e. The molecule has 12 rings (SSSR count). The summed E-state index contributed by atoms with van der Waals surface area (Å²) < 4.78 is 7.65. The lowest BCUT2D eigenvalue weighted by Crippen LogP contribution is -2.15. The third kappa shape index (κ3) is 10.8. The van der Waals surface area contributed by atoms with Crippen LogP contribution < -0.4 is 0 Å². The Morgan fingerprint density at radius 2 is 0.429 bits per heavy atom. The van der Waals surface area contributed by atoms with E-state index < -0.39 is 0 Å². The summed E-state index contributed by atoms with van der Waals surface area (Å²) in [7, 11) is 0. The molecule has 0 aliphatic carbocycles. The van der Waals surface area contributed by atoms with Crippen molar-refractivity contribution >= 4 is 65.4 Å². The molecule has 0 N–H and O–H groups in total. The summed E-state index contributed by atoms with van der Waals surface area (Å²) in [6.45, 7) is 55.5. The molecule has 466 valence electrons. The maximum absolute atomic E-state index is 13.2. The van der Waals surface area contributed by atoms with Crippen LogP contribution in [0.25, 0.3) is 105 Å². The molecule has 0 atom stereocenters. The summed E-state index contributed by atoms with van der Waals surface area (Å²) in [4.78, 5) is 0. The molecular formula is C87H98N4. The second-order valence-corrected chi connectivity index (χ2v) is 34.8.